The van der Waals surface area contributed by atoms with Crippen molar-refractivity contribution < 1.29 is 4.74 Å². The number of ether oxygens (including phenoxy) is 1. The molecule has 0 spiro atoms. The van der Waals surface area contributed by atoms with Crippen LogP contribution < -0.4 is 16.2 Å². The van der Waals surface area contributed by atoms with Gasteiger partial charge in [0.2, 0.25) is 0 Å². The maximum atomic E-state index is 5.58. The Bertz CT molecular complexity index is 391. The first kappa shape index (κ1) is 12.1. The van der Waals surface area contributed by atoms with Crippen LogP contribution in [0.3, 0.4) is 0 Å². The van der Waals surface area contributed by atoms with Gasteiger partial charge in [0.1, 0.15) is 11.5 Å². The molecule has 1 rings (SSSR count). The molecule has 0 heterocycles. The Morgan fingerprint density at radius 2 is 2.00 bits per heavy atom. The molecule has 3 nitrogen and oxygen atoms in total. The summed E-state index contributed by atoms with van der Waals surface area (Å²) in [5.41, 5.74) is 11.9. The van der Waals surface area contributed by atoms with Crippen molar-refractivity contribution in [3.8, 4) is 5.75 Å². The van der Waals surface area contributed by atoms with Crippen LogP contribution in [-0.2, 0) is 6.54 Å². The van der Waals surface area contributed by atoms with E-state index in [2.05, 4.69) is 6.58 Å². The molecule has 4 N–H and O–H groups in total. The molecule has 84 valence electrons. The quantitative estimate of drug-likeness (QED) is 0.585. The summed E-state index contributed by atoms with van der Waals surface area (Å²) in [6, 6.07) is 7.58. The molecule has 0 atom stereocenters. The fraction of sp³-hybridized carbons (Fsp3) is 0.0769. The summed E-state index contributed by atoms with van der Waals surface area (Å²) in [6.07, 6.45) is 6.46. The van der Waals surface area contributed by atoms with E-state index in [1.807, 2.05) is 24.3 Å². The van der Waals surface area contributed by atoms with Crippen molar-refractivity contribution in [2.45, 2.75) is 6.54 Å². The van der Waals surface area contributed by atoms with Gasteiger partial charge < -0.3 is 16.2 Å². The summed E-state index contributed by atoms with van der Waals surface area (Å²) in [5, 5.41) is 0. The predicted molar refractivity (Wildman–Crippen MR) is 66.6 cm³/mol. The number of hydrogen-bond donors (Lipinski definition) is 2. The second-order valence-corrected chi connectivity index (χ2v) is 3.11. The van der Waals surface area contributed by atoms with Crippen LogP contribution in [0.2, 0.25) is 0 Å². The molecule has 1 aromatic carbocycles. The third kappa shape index (κ3) is 3.63. The van der Waals surface area contributed by atoms with Crippen molar-refractivity contribution in [2.24, 2.45) is 11.5 Å². The van der Waals surface area contributed by atoms with Crippen LogP contribution in [0.15, 0.2) is 61.0 Å². The van der Waals surface area contributed by atoms with E-state index in [0.29, 0.717) is 12.3 Å². The summed E-state index contributed by atoms with van der Waals surface area (Å²) in [5.74, 6) is 1.38. The number of rotatable bonds is 5. The fourth-order valence-corrected chi connectivity index (χ4v) is 1.16. The third-order valence-corrected chi connectivity index (χ3v) is 1.94. The SMILES string of the molecule is C=C/C=C(\C=C/N)Oc1ccc(CN)cc1. The van der Waals surface area contributed by atoms with Gasteiger partial charge in [-0.1, -0.05) is 24.8 Å². The maximum Gasteiger partial charge on any atom is 0.128 e. The summed E-state index contributed by atoms with van der Waals surface area (Å²) in [6.45, 7) is 4.13. The molecule has 0 saturated heterocycles. The molecule has 0 aliphatic rings. The first-order chi connectivity index (χ1) is 7.80. The number of allylic oxidation sites excluding steroid dienone is 3. The zero-order valence-corrected chi connectivity index (χ0v) is 9.10. The lowest BCUT2D eigenvalue weighted by Gasteiger charge is -2.06. The van der Waals surface area contributed by atoms with Gasteiger partial charge in [-0.3, -0.25) is 0 Å². The molecule has 0 aliphatic carbocycles. The first-order valence-corrected chi connectivity index (χ1v) is 4.98. The van der Waals surface area contributed by atoms with Crippen molar-refractivity contribution in [1.82, 2.24) is 0 Å². The fourth-order valence-electron chi connectivity index (χ4n) is 1.16. The van der Waals surface area contributed by atoms with Crippen LogP contribution in [-0.4, -0.2) is 0 Å². The molecule has 0 radical (unpaired) electrons. The van der Waals surface area contributed by atoms with Crippen LogP contribution >= 0.6 is 0 Å². The van der Waals surface area contributed by atoms with E-state index in [0.717, 1.165) is 11.3 Å². The summed E-state index contributed by atoms with van der Waals surface area (Å²) in [7, 11) is 0. The second-order valence-electron chi connectivity index (χ2n) is 3.11. The molecule has 0 unspecified atom stereocenters. The van der Waals surface area contributed by atoms with Gasteiger partial charge in [-0.05, 0) is 36.0 Å². The second kappa shape index (κ2) is 6.48. The van der Waals surface area contributed by atoms with E-state index in [1.165, 1.54) is 6.20 Å². The van der Waals surface area contributed by atoms with Crippen molar-refractivity contribution in [3.05, 3.63) is 66.6 Å². The Hall–Kier alpha value is -2.00. The molecule has 0 aromatic heterocycles. The summed E-state index contributed by atoms with van der Waals surface area (Å²) < 4.78 is 5.58. The Morgan fingerprint density at radius 1 is 1.31 bits per heavy atom. The molecule has 1 aromatic rings. The zero-order chi connectivity index (χ0) is 11.8. The number of hydrogen-bond acceptors (Lipinski definition) is 3. The van der Waals surface area contributed by atoms with Gasteiger partial charge in [0.15, 0.2) is 0 Å². The van der Waals surface area contributed by atoms with Gasteiger partial charge in [0.05, 0.1) is 0 Å². The molecule has 0 bridgehead atoms. The average molecular weight is 216 g/mol. The van der Waals surface area contributed by atoms with Gasteiger partial charge in [0.25, 0.3) is 0 Å². The van der Waals surface area contributed by atoms with Crippen molar-refractivity contribution in [3.63, 3.8) is 0 Å². The molecular weight excluding hydrogens is 200 g/mol. The van der Waals surface area contributed by atoms with Crippen LogP contribution in [0.25, 0.3) is 0 Å². The van der Waals surface area contributed by atoms with E-state index in [1.54, 1.807) is 18.2 Å². The topological polar surface area (TPSA) is 61.3 Å². The highest BCUT2D eigenvalue weighted by Gasteiger charge is 1.96. The Kier molecular flexibility index (Phi) is 4.89. The van der Waals surface area contributed by atoms with Gasteiger partial charge in [0, 0.05) is 6.54 Å². The Morgan fingerprint density at radius 3 is 2.50 bits per heavy atom. The van der Waals surface area contributed by atoms with E-state index in [9.17, 15) is 0 Å². The van der Waals surface area contributed by atoms with E-state index >= 15 is 0 Å². The smallest absolute Gasteiger partial charge is 0.128 e. The number of nitrogens with two attached hydrogens (primary N) is 2. The lowest BCUT2D eigenvalue weighted by Crippen LogP contribution is -1.97. The highest BCUT2D eigenvalue weighted by atomic mass is 16.5. The Labute approximate surface area is 95.7 Å². The molecule has 3 heteroatoms. The average Bonchev–Trinajstić information content (AvgIpc) is 2.31. The molecule has 0 aliphatic heterocycles. The van der Waals surface area contributed by atoms with Crippen LogP contribution in [0, 0.1) is 0 Å². The minimum absolute atomic E-state index is 0.526. The van der Waals surface area contributed by atoms with E-state index < -0.39 is 0 Å². The highest BCUT2D eigenvalue weighted by Crippen LogP contribution is 2.15. The van der Waals surface area contributed by atoms with Crippen molar-refractivity contribution >= 4 is 0 Å². The maximum absolute atomic E-state index is 5.58. The molecule has 0 amide bonds. The minimum atomic E-state index is 0.526. The molecule has 0 fully saturated rings. The van der Waals surface area contributed by atoms with Crippen LogP contribution in [0.1, 0.15) is 5.56 Å². The predicted octanol–water partition coefficient (Wildman–Crippen LogP) is 2.07. The van der Waals surface area contributed by atoms with Gasteiger partial charge in [-0.25, -0.2) is 0 Å². The van der Waals surface area contributed by atoms with Gasteiger partial charge >= 0.3 is 0 Å². The Balaban J connectivity index is 2.77. The van der Waals surface area contributed by atoms with Gasteiger partial charge in [-0.2, -0.15) is 0 Å². The zero-order valence-electron chi connectivity index (χ0n) is 9.10. The molecular formula is C13H16N2O. The highest BCUT2D eigenvalue weighted by molar-refractivity contribution is 5.31. The molecule has 16 heavy (non-hydrogen) atoms. The summed E-state index contributed by atoms with van der Waals surface area (Å²) >= 11 is 0. The lowest BCUT2D eigenvalue weighted by molar-refractivity contribution is 0.444. The van der Waals surface area contributed by atoms with Gasteiger partial charge in [-0.15, -0.1) is 0 Å². The number of benzene rings is 1. The largest absolute Gasteiger partial charge is 0.457 e. The van der Waals surface area contributed by atoms with Crippen LogP contribution in [0.4, 0.5) is 0 Å². The first-order valence-electron chi connectivity index (χ1n) is 4.98. The lowest BCUT2D eigenvalue weighted by atomic mass is 10.2. The minimum Gasteiger partial charge on any atom is -0.457 e. The van der Waals surface area contributed by atoms with E-state index in [4.69, 9.17) is 16.2 Å². The van der Waals surface area contributed by atoms with Crippen LogP contribution in [0.5, 0.6) is 5.75 Å². The third-order valence-electron chi connectivity index (χ3n) is 1.94. The normalized spacial score (nSPS) is 11.7. The standard InChI is InChI=1S/C13H16N2O/c1-2-3-12(8-9-14)16-13-6-4-11(10-15)5-7-13/h2-9H,1,10,14-15H2/b9-8-,12-3+. The van der Waals surface area contributed by atoms with Crippen molar-refractivity contribution in [1.29, 1.82) is 0 Å². The monoisotopic (exact) mass is 216 g/mol. The van der Waals surface area contributed by atoms with Crippen molar-refractivity contribution in [2.75, 3.05) is 0 Å². The summed E-state index contributed by atoms with van der Waals surface area (Å²) in [4.78, 5) is 0. The molecule has 0 saturated carbocycles. The van der Waals surface area contributed by atoms with E-state index in [-0.39, 0.29) is 0 Å².